The highest BCUT2D eigenvalue weighted by Crippen LogP contribution is 2.53. The number of para-hydroxylation sites is 2. The van der Waals surface area contributed by atoms with Crippen molar-refractivity contribution in [3.63, 3.8) is 0 Å². The van der Waals surface area contributed by atoms with Crippen molar-refractivity contribution in [1.29, 1.82) is 0 Å². The first-order valence-electron chi connectivity index (χ1n) is 24.4. The monoisotopic (exact) mass is 921 g/mol. The molecule has 0 saturated carbocycles. The van der Waals surface area contributed by atoms with Crippen LogP contribution in [-0.4, -0.2) is 6.85 Å². The van der Waals surface area contributed by atoms with E-state index in [-0.39, 0.29) is 6.85 Å². The van der Waals surface area contributed by atoms with E-state index in [1.54, 1.807) is 0 Å². The minimum absolute atomic E-state index is 0.179. The van der Waals surface area contributed by atoms with Crippen LogP contribution < -0.4 is 25.5 Å². The second-order valence-electron chi connectivity index (χ2n) is 18.4. The number of anilines is 8. The lowest BCUT2D eigenvalue weighted by Gasteiger charge is -2.46. The molecule has 3 heterocycles. The van der Waals surface area contributed by atoms with E-state index in [1.165, 1.54) is 92.7 Å². The van der Waals surface area contributed by atoms with E-state index in [0.29, 0.717) is 0 Å². The number of thiophene rings is 1. The van der Waals surface area contributed by atoms with Crippen LogP contribution in [0.3, 0.4) is 0 Å². The maximum absolute atomic E-state index is 2.64. The Kier molecular flexibility index (Phi) is 9.82. The van der Waals surface area contributed by atoms with E-state index in [2.05, 4.69) is 282 Å². The first kappa shape index (κ1) is 41.1. The summed E-state index contributed by atoms with van der Waals surface area (Å²) in [4.78, 5) is 7.61. The standard InChI is InChI=1S/C66H44BN3S/c1-6-18-45(19-7-1)48-30-35-53(36-31-48)69-61-40-34-50(47-22-10-3-11-23-47)42-59(61)67-65-58(44-63-64(66(65)69)56-28-16-17-29-62(56)71-63)57-43-55(68(51-24-12-4-13-25-51)52-26-14-5-15-27-52)39-41-60(57)70(67)54-37-32-49(33-38-54)46-20-8-2-9-21-46/h1-44H. The molecule has 0 unspecified atom stereocenters. The third-order valence-corrected chi connectivity index (χ3v) is 15.5. The summed E-state index contributed by atoms with van der Waals surface area (Å²) in [6, 6.07) is 98.1. The summed E-state index contributed by atoms with van der Waals surface area (Å²) in [5, 5.41) is 2.56. The molecular weight excluding hydrogens is 878 g/mol. The van der Waals surface area contributed by atoms with Crippen LogP contribution in [-0.2, 0) is 0 Å². The molecule has 2 aliphatic rings. The molecular formula is C66H44BN3S. The number of hydrogen-bond donors (Lipinski definition) is 0. The summed E-state index contributed by atoms with van der Waals surface area (Å²) in [6.07, 6.45) is 0. The van der Waals surface area contributed by atoms with Gasteiger partial charge in [0.25, 0.3) is 0 Å². The SMILES string of the molecule is c1ccc(-c2ccc(N3B4c5cc(-c6ccccc6)ccc5N(c5ccc(-c6ccccc6)cc5)c5c4c(cc4sc6ccccc6c54)-c4cc(N(c5ccccc5)c5ccccc5)ccc43)cc2)cc1. The molecule has 3 nitrogen and oxygen atoms in total. The molecule has 2 aliphatic heterocycles. The van der Waals surface area contributed by atoms with Gasteiger partial charge in [0.15, 0.2) is 0 Å². The van der Waals surface area contributed by atoms with E-state index < -0.39 is 0 Å². The van der Waals surface area contributed by atoms with Crippen molar-refractivity contribution in [1.82, 2.24) is 0 Å². The van der Waals surface area contributed by atoms with Crippen LogP contribution in [0.5, 0.6) is 0 Å². The van der Waals surface area contributed by atoms with Crippen LogP contribution in [0.25, 0.3) is 64.7 Å². The molecule has 0 radical (unpaired) electrons. The van der Waals surface area contributed by atoms with Crippen molar-refractivity contribution in [2.75, 3.05) is 14.6 Å². The number of rotatable bonds is 8. The normalized spacial score (nSPS) is 12.4. The minimum atomic E-state index is -0.179. The zero-order chi connectivity index (χ0) is 46.8. The molecule has 12 aromatic rings. The van der Waals surface area contributed by atoms with Crippen molar-refractivity contribution in [3.05, 3.63) is 267 Å². The Morgan fingerprint density at radius 2 is 0.845 bits per heavy atom. The van der Waals surface area contributed by atoms with Crippen molar-refractivity contribution >= 4 is 94.8 Å². The molecule has 0 fully saturated rings. The fourth-order valence-electron chi connectivity index (χ4n) is 11.2. The molecule has 0 spiro atoms. The van der Waals surface area contributed by atoms with Crippen LogP contribution in [0.1, 0.15) is 0 Å². The molecule has 5 heteroatoms. The lowest BCUT2D eigenvalue weighted by atomic mass is 9.43. The number of hydrogen-bond acceptors (Lipinski definition) is 4. The van der Waals surface area contributed by atoms with Gasteiger partial charge >= 0.3 is 6.85 Å². The largest absolute Gasteiger partial charge is 0.376 e. The highest BCUT2D eigenvalue weighted by Gasteiger charge is 2.46. The van der Waals surface area contributed by atoms with E-state index in [9.17, 15) is 0 Å². The highest BCUT2D eigenvalue weighted by atomic mass is 32.1. The van der Waals surface area contributed by atoms with Crippen LogP contribution in [0.15, 0.2) is 267 Å². The topological polar surface area (TPSA) is 9.72 Å². The molecule has 0 aliphatic carbocycles. The van der Waals surface area contributed by atoms with Gasteiger partial charge in [-0.15, -0.1) is 11.3 Å². The number of nitrogens with zero attached hydrogens (tertiary/aromatic N) is 3. The van der Waals surface area contributed by atoms with Gasteiger partial charge in [0.05, 0.1) is 5.69 Å². The van der Waals surface area contributed by atoms with Gasteiger partial charge < -0.3 is 14.6 Å². The quantitative estimate of drug-likeness (QED) is 0.141. The van der Waals surface area contributed by atoms with Crippen LogP contribution in [0, 0.1) is 0 Å². The average molecular weight is 922 g/mol. The number of fused-ring (bicyclic) bond motifs is 8. The molecule has 11 aromatic carbocycles. The summed E-state index contributed by atoms with van der Waals surface area (Å²) in [5.41, 5.74) is 21.3. The summed E-state index contributed by atoms with van der Waals surface area (Å²) < 4.78 is 2.55. The third kappa shape index (κ3) is 6.88. The minimum Gasteiger partial charge on any atom is -0.376 e. The van der Waals surface area contributed by atoms with Gasteiger partial charge in [-0.3, -0.25) is 0 Å². The van der Waals surface area contributed by atoms with Gasteiger partial charge in [-0.2, -0.15) is 0 Å². The smallest absolute Gasteiger partial charge is 0.333 e. The fourth-order valence-corrected chi connectivity index (χ4v) is 12.4. The molecule has 332 valence electrons. The Labute approximate surface area is 418 Å². The second kappa shape index (κ2) is 17.0. The zero-order valence-corrected chi connectivity index (χ0v) is 39.5. The van der Waals surface area contributed by atoms with Crippen molar-refractivity contribution in [3.8, 4) is 44.5 Å². The fraction of sp³-hybridized carbons (Fsp3) is 0. The van der Waals surface area contributed by atoms with Gasteiger partial charge in [-0.05, 0) is 135 Å². The molecule has 0 saturated heterocycles. The van der Waals surface area contributed by atoms with Crippen LogP contribution in [0.2, 0.25) is 0 Å². The van der Waals surface area contributed by atoms with Gasteiger partial charge in [0.2, 0.25) is 0 Å². The Morgan fingerprint density at radius 1 is 0.352 bits per heavy atom. The Hall–Kier alpha value is -8.90. The first-order valence-corrected chi connectivity index (χ1v) is 25.2. The van der Waals surface area contributed by atoms with Crippen LogP contribution >= 0.6 is 11.3 Å². The molecule has 0 N–H and O–H groups in total. The summed E-state index contributed by atoms with van der Waals surface area (Å²) in [5.74, 6) is 0. The van der Waals surface area contributed by atoms with Crippen molar-refractivity contribution < 1.29 is 0 Å². The molecule has 71 heavy (non-hydrogen) atoms. The highest BCUT2D eigenvalue weighted by molar-refractivity contribution is 7.26. The molecule has 0 amide bonds. The van der Waals surface area contributed by atoms with E-state index in [1.807, 2.05) is 11.3 Å². The molecule has 0 bridgehead atoms. The molecule has 14 rings (SSSR count). The third-order valence-electron chi connectivity index (χ3n) is 14.4. The second-order valence-corrected chi connectivity index (χ2v) is 19.5. The zero-order valence-electron chi connectivity index (χ0n) is 38.7. The summed E-state index contributed by atoms with van der Waals surface area (Å²) >= 11 is 1.89. The summed E-state index contributed by atoms with van der Waals surface area (Å²) in [7, 11) is 0. The predicted molar refractivity (Wildman–Crippen MR) is 304 cm³/mol. The molecule has 0 atom stereocenters. The van der Waals surface area contributed by atoms with E-state index in [4.69, 9.17) is 0 Å². The van der Waals surface area contributed by atoms with Crippen LogP contribution in [0.4, 0.5) is 45.5 Å². The Balaban J connectivity index is 1.09. The van der Waals surface area contributed by atoms with Crippen molar-refractivity contribution in [2.45, 2.75) is 0 Å². The summed E-state index contributed by atoms with van der Waals surface area (Å²) in [6.45, 7) is -0.179. The maximum atomic E-state index is 2.64. The predicted octanol–water partition coefficient (Wildman–Crippen LogP) is 17.2. The van der Waals surface area contributed by atoms with E-state index >= 15 is 0 Å². The lowest BCUT2D eigenvalue weighted by Crippen LogP contribution is -2.61. The Bertz CT molecular complexity index is 3880. The van der Waals surface area contributed by atoms with E-state index in [0.717, 1.165) is 28.4 Å². The molecule has 1 aromatic heterocycles. The average Bonchev–Trinajstić information content (AvgIpc) is 3.83. The van der Waals surface area contributed by atoms with Crippen molar-refractivity contribution in [2.24, 2.45) is 0 Å². The maximum Gasteiger partial charge on any atom is 0.333 e. The van der Waals surface area contributed by atoms with Gasteiger partial charge in [0.1, 0.15) is 0 Å². The van der Waals surface area contributed by atoms with Gasteiger partial charge in [0, 0.05) is 65.5 Å². The van der Waals surface area contributed by atoms with Gasteiger partial charge in [-0.1, -0.05) is 182 Å². The lowest BCUT2D eigenvalue weighted by molar-refractivity contribution is 1.26. The number of benzene rings is 11. The van der Waals surface area contributed by atoms with Gasteiger partial charge in [-0.25, -0.2) is 0 Å². The first-order chi connectivity index (χ1) is 35.2. The Morgan fingerprint density at radius 3 is 1.45 bits per heavy atom.